The van der Waals surface area contributed by atoms with E-state index in [0.29, 0.717) is 0 Å². The number of aryl methyl sites for hydroxylation is 2. The van der Waals surface area contributed by atoms with E-state index in [4.69, 9.17) is 0 Å². The Morgan fingerprint density at radius 3 is 2.72 bits per heavy atom. The van der Waals surface area contributed by atoms with Crippen LogP contribution in [0.5, 0.6) is 0 Å². The first-order chi connectivity index (χ1) is 8.65. The van der Waals surface area contributed by atoms with Crippen molar-refractivity contribution in [1.82, 2.24) is 0 Å². The molecule has 0 atom stereocenters. The van der Waals surface area contributed by atoms with Crippen molar-refractivity contribution in [3.05, 3.63) is 52.8 Å². The zero-order chi connectivity index (χ0) is 12.7. The zero-order valence-corrected chi connectivity index (χ0v) is 10.7. The van der Waals surface area contributed by atoms with Crippen LogP contribution >= 0.6 is 0 Å². The number of fused-ring (bicyclic) bond motifs is 1. The molecule has 1 aliphatic heterocycles. The lowest BCUT2D eigenvalue weighted by molar-refractivity contribution is 0.629. The van der Waals surface area contributed by atoms with Crippen molar-refractivity contribution in [2.45, 2.75) is 20.3 Å². The molecule has 3 rings (SSSR count). The van der Waals surface area contributed by atoms with Gasteiger partial charge in [0.25, 0.3) is 0 Å². The largest absolute Gasteiger partial charge is 0.384 e. The predicted octanol–water partition coefficient (Wildman–Crippen LogP) is 4.08. The fraction of sp³-hybridized carbons (Fsp3) is 0.250. The van der Waals surface area contributed by atoms with Gasteiger partial charge < -0.3 is 5.32 Å². The van der Waals surface area contributed by atoms with Crippen LogP contribution in [0, 0.1) is 19.7 Å². The molecule has 0 unspecified atom stereocenters. The first-order valence-electron chi connectivity index (χ1n) is 6.29. The Morgan fingerprint density at radius 2 is 1.94 bits per heavy atom. The molecule has 0 saturated heterocycles. The lowest BCUT2D eigenvalue weighted by atomic mass is 9.96. The SMILES string of the molecule is Cc1cc(C)c(-c2ccc3c(c2)NCC3)c(F)c1. The fourth-order valence-electron chi connectivity index (χ4n) is 2.73. The van der Waals surface area contributed by atoms with E-state index in [2.05, 4.69) is 17.4 Å². The molecule has 0 fully saturated rings. The standard InChI is InChI=1S/C16H16FN/c1-10-7-11(2)16(14(17)8-10)13-4-3-12-5-6-18-15(12)9-13/h3-4,7-9,18H,5-6H2,1-2H3. The van der Waals surface area contributed by atoms with Crippen molar-refractivity contribution in [1.29, 1.82) is 0 Å². The van der Waals surface area contributed by atoms with Gasteiger partial charge in [0.05, 0.1) is 0 Å². The van der Waals surface area contributed by atoms with E-state index < -0.39 is 0 Å². The summed E-state index contributed by atoms with van der Waals surface area (Å²) in [7, 11) is 0. The summed E-state index contributed by atoms with van der Waals surface area (Å²) in [5, 5.41) is 3.34. The molecule has 0 aliphatic carbocycles. The smallest absolute Gasteiger partial charge is 0.131 e. The highest BCUT2D eigenvalue weighted by Crippen LogP contribution is 2.32. The maximum Gasteiger partial charge on any atom is 0.131 e. The molecule has 0 aromatic heterocycles. The van der Waals surface area contributed by atoms with E-state index >= 15 is 0 Å². The third-order valence-corrected chi connectivity index (χ3v) is 3.54. The highest BCUT2D eigenvalue weighted by Gasteiger charge is 2.14. The maximum absolute atomic E-state index is 14.1. The molecule has 1 N–H and O–H groups in total. The normalized spacial score (nSPS) is 13.3. The number of hydrogen-bond acceptors (Lipinski definition) is 1. The minimum absolute atomic E-state index is 0.134. The summed E-state index contributed by atoms with van der Waals surface area (Å²) in [4.78, 5) is 0. The van der Waals surface area contributed by atoms with Crippen molar-refractivity contribution < 1.29 is 4.39 Å². The first kappa shape index (κ1) is 11.3. The molecule has 0 bridgehead atoms. The van der Waals surface area contributed by atoms with Crippen LogP contribution in [0.15, 0.2) is 30.3 Å². The van der Waals surface area contributed by atoms with Crippen molar-refractivity contribution in [3.63, 3.8) is 0 Å². The molecule has 0 saturated carbocycles. The van der Waals surface area contributed by atoms with Gasteiger partial charge in [-0.15, -0.1) is 0 Å². The zero-order valence-electron chi connectivity index (χ0n) is 10.7. The minimum Gasteiger partial charge on any atom is -0.384 e. The van der Waals surface area contributed by atoms with Crippen molar-refractivity contribution in [3.8, 4) is 11.1 Å². The van der Waals surface area contributed by atoms with Gasteiger partial charge in [-0.05, 0) is 54.7 Å². The summed E-state index contributed by atoms with van der Waals surface area (Å²) in [6.07, 6.45) is 1.06. The van der Waals surface area contributed by atoms with Crippen LogP contribution in [-0.2, 0) is 6.42 Å². The van der Waals surface area contributed by atoms with E-state index in [1.807, 2.05) is 26.0 Å². The van der Waals surface area contributed by atoms with E-state index in [9.17, 15) is 4.39 Å². The summed E-state index contributed by atoms with van der Waals surface area (Å²) in [6.45, 7) is 4.87. The third kappa shape index (κ3) is 1.78. The van der Waals surface area contributed by atoms with Gasteiger partial charge in [0.15, 0.2) is 0 Å². The number of nitrogens with one attached hydrogen (secondary N) is 1. The van der Waals surface area contributed by atoms with Crippen molar-refractivity contribution in [2.75, 3.05) is 11.9 Å². The van der Waals surface area contributed by atoms with Crippen LogP contribution in [0.2, 0.25) is 0 Å². The lowest BCUT2D eigenvalue weighted by Gasteiger charge is -2.11. The number of anilines is 1. The van der Waals surface area contributed by atoms with Gasteiger partial charge in [-0.25, -0.2) is 4.39 Å². The highest BCUT2D eigenvalue weighted by molar-refractivity contribution is 5.74. The van der Waals surface area contributed by atoms with E-state index in [1.54, 1.807) is 6.07 Å². The third-order valence-electron chi connectivity index (χ3n) is 3.54. The van der Waals surface area contributed by atoms with E-state index in [1.165, 1.54) is 5.56 Å². The Balaban J connectivity index is 2.16. The monoisotopic (exact) mass is 241 g/mol. The van der Waals surface area contributed by atoms with Gasteiger partial charge in [0.2, 0.25) is 0 Å². The molecule has 1 nitrogen and oxygen atoms in total. The summed E-state index contributed by atoms with van der Waals surface area (Å²) in [5.41, 5.74) is 6.10. The Labute approximate surface area is 107 Å². The molecule has 0 spiro atoms. The topological polar surface area (TPSA) is 12.0 Å². The molecular weight excluding hydrogens is 225 g/mol. The Morgan fingerprint density at radius 1 is 1.11 bits per heavy atom. The Hall–Kier alpha value is -1.83. The van der Waals surface area contributed by atoms with Gasteiger partial charge in [0.1, 0.15) is 5.82 Å². The molecule has 2 aromatic rings. The molecule has 92 valence electrons. The number of halogens is 1. The maximum atomic E-state index is 14.1. The second kappa shape index (κ2) is 4.13. The average molecular weight is 241 g/mol. The van der Waals surface area contributed by atoms with Gasteiger partial charge in [-0.1, -0.05) is 18.2 Å². The summed E-state index contributed by atoms with van der Waals surface area (Å²) in [6, 6.07) is 9.81. The summed E-state index contributed by atoms with van der Waals surface area (Å²) in [5.74, 6) is -0.134. The van der Waals surface area contributed by atoms with Gasteiger partial charge in [-0.2, -0.15) is 0 Å². The molecular formula is C16H16FN. The quantitative estimate of drug-likeness (QED) is 0.793. The summed E-state index contributed by atoms with van der Waals surface area (Å²) < 4.78 is 14.1. The Kier molecular flexibility index (Phi) is 2.58. The van der Waals surface area contributed by atoms with Gasteiger partial charge in [-0.3, -0.25) is 0 Å². The van der Waals surface area contributed by atoms with Gasteiger partial charge >= 0.3 is 0 Å². The fourth-order valence-corrected chi connectivity index (χ4v) is 2.73. The molecule has 18 heavy (non-hydrogen) atoms. The van der Waals surface area contributed by atoms with Crippen LogP contribution < -0.4 is 5.32 Å². The van der Waals surface area contributed by atoms with E-state index in [-0.39, 0.29) is 5.82 Å². The van der Waals surface area contributed by atoms with Gasteiger partial charge in [0, 0.05) is 17.8 Å². The Bertz CT molecular complexity index is 593. The van der Waals surface area contributed by atoms with Crippen molar-refractivity contribution >= 4 is 5.69 Å². The predicted molar refractivity (Wildman–Crippen MR) is 73.5 cm³/mol. The van der Waals surface area contributed by atoms with Crippen LogP contribution in [-0.4, -0.2) is 6.54 Å². The first-order valence-corrected chi connectivity index (χ1v) is 6.29. The molecule has 2 aromatic carbocycles. The van der Waals surface area contributed by atoms with Crippen LogP contribution in [0.4, 0.5) is 10.1 Å². The number of rotatable bonds is 1. The van der Waals surface area contributed by atoms with Crippen LogP contribution in [0.1, 0.15) is 16.7 Å². The van der Waals surface area contributed by atoms with Crippen LogP contribution in [0.25, 0.3) is 11.1 Å². The molecule has 1 aliphatic rings. The number of hydrogen-bond donors (Lipinski definition) is 1. The molecule has 0 radical (unpaired) electrons. The lowest BCUT2D eigenvalue weighted by Crippen LogP contribution is -1.93. The second-order valence-corrected chi connectivity index (χ2v) is 4.99. The minimum atomic E-state index is -0.134. The molecule has 1 heterocycles. The van der Waals surface area contributed by atoms with Crippen LogP contribution in [0.3, 0.4) is 0 Å². The summed E-state index contributed by atoms with van der Waals surface area (Å²) >= 11 is 0. The second-order valence-electron chi connectivity index (χ2n) is 4.99. The molecule has 0 amide bonds. The van der Waals surface area contributed by atoms with E-state index in [0.717, 1.165) is 40.9 Å². The highest BCUT2D eigenvalue weighted by atomic mass is 19.1. The molecule has 2 heteroatoms. The van der Waals surface area contributed by atoms with Crippen molar-refractivity contribution in [2.24, 2.45) is 0 Å². The number of benzene rings is 2. The average Bonchev–Trinajstić information content (AvgIpc) is 2.74.